The van der Waals surface area contributed by atoms with Crippen molar-refractivity contribution in [1.82, 2.24) is 10.2 Å². The molecule has 1 aromatic rings. The number of hydrogen-bond acceptors (Lipinski definition) is 4. The van der Waals surface area contributed by atoms with Crippen LogP contribution in [0.15, 0.2) is 18.2 Å². The molecule has 2 fully saturated rings. The summed E-state index contributed by atoms with van der Waals surface area (Å²) in [6, 6.07) is 6.70. The third kappa shape index (κ3) is 2.50. The number of hydrogen-bond donors (Lipinski definition) is 2. The molecule has 2 aliphatic heterocycles. The quantitative estimate of drug-likeness (QED) is 0.888. The van der Waals surface area contributed by atoms with Gasteiger partial charge >= 0.3 is 0 Å². The summed E-state index contributed by atoms with van der Waals surface area (Å²) < 4.78 is 5.21. The molecule has 0 aliphatic carbocycles. The van der Waals surface area contributed by atoms with Crippen LogP contribution in [0.3, 0.4) is 0 Å². The molecule has 4 heteroatoms. The van der Waals surface area contributed by atoms with Gasteiger partial charge in [0.15, 0.2) is 11.5 Å². The zero-order valence-corrected chi connectivity index (χ0v) is 12.3. The second kappa shape index (κ2) is 5.62. The van der Waals surface area contributed by atoms with Crippen LogP contribution in [0.5, 0.6) is 11.5 Å². The predicted molar refractivity (Wildman–Crippen MR) is 79.2 cm³/mol. The smallest absolute Gasteiger partial charge is 0.160 e. The number of piperidine rings is 1. The lowest BCUT2D eigenvalue weighted by Gasteiger charge is -2.25. The summed E-state index contributed by atoms with van der Waals surface area (Å²) in [7, 11) is 1.60. The minimum Gasteiger partial charge on any atom is -0.504 e. The topological polar surface area (TPSA) is 44.7 Å². The Morgan fingerprint density at radius 2 is 2.25 bits per heavy atom. The molecule has 110 valence electrons. The molecule has 0 radical (unpaired) electrons. The Bertz CT molecular complexity index is 464. The molecule has 2 N–H and O–H groups in total. The molecule has 1 aromatic carbocycles. The van der Waals surface area contributed by atoms with Crippen molar-refractivity contribution in [3.8, 4) is 11.5 Å². The van der Waals surface area contributed by atoms with Crippen molar-refractivity contribution in [2.75, 3.05) is 26.7 Å². The van der Waals surface area contributed by atoms with Gasteiger partial charge in [0, 0.05) is 25.2 Å². The lowest BCUT2D eigenvalue weighted by atomic mass is 9.94. The van der Waals surface area contributed by atoms with E-state index < -0.39 is 0 Å². The van der Waals surface area contributed by atoms with Crippen LogP contribution in [-0.4, -0.2) is 42.8 Å². The van der Waals surface area contributed by atoms with Crippen LogP contribution in [0.4, 0.5) is 0 Å². The summed E-state index contributed by atoms with van der Waals surface area (Å²) in [6.45, 7) is 5.69. The molecular formula is C16H24N2O2. The zero-order chi connectivity index (χ0) is 14.1. The third-order valence-electron chi connectivity index (χ3n) is 4.86. The van der Waals surface area contributed by atoms with E-state index in [4.69, 9.17) is 4.74 Å². The number of ether oxygens (including phenoxy) is 1. The van der Waals surface area contributed by atoms with Gasteiger partial charge in [0.25, 0.3) is 0 Å². The highest BCUT2D eigenvalue weighted by molar-refractivity contribution is 5.42. The Kier molecular flexibility index (Phi) is 3.85. The summed E-state index contributed by atoms with van der Waals surface area (Å²) >= 11 is 0. The predicted octanol–water partition coefficient (Wildman–Crippen LogP) is 2.15. The van der Waals surface area contributed by atoms with Gasteiger partial charge in [-0.1, -0.05) is 6.07 Å². The van der Waals surface area contributed by atoms with E-state index in [2.05, 4.69) is 17.1 Å². The first-order valence-corrected chi connectivity index (χ1v) is 7.53. The highest BCUT2D eigenvalue weighted by atomic mass is 16.5. The van der Waals surface area contributed by atoms with E-state index in [0.717, 1.165) is 19.0 Å². The molecule has 3 unspecified atom stereocenters. The van der Waals surface area contributed by atoms with Gasteiger partial charge in [-0.2, -0.15) is 0 Å². The number of phenolic OH excluding ortho intramolecular Hbond substituents is 1. The molecule has 4 nitrogen and oxygen atoms in total. The number of benzene rings is 1. The van der Waals surface area contributed by atoms with Crippen molar-refractivity contribution in [2.45, 2.75) is 31.8 Å². The first kappa shape index (κ1) is 13.7. The fraction of sp³-hybridized carbons (Fsp3) is 0.625. The molecule has 0 bridgehead atoms. The number of methoxy groups -OCH3 is 1. The van der Waals surface area contributed by atoms with Crippen molar-refractivity contribution in [3.05, 3.63) is 23.8 Å². The third-order valence-corrected chi connectivity index (χ3v) is 4.86. The first-order valence-electron chi connectivity index (χ1n) is 7.53. The number of nitrogens with zero attached hydrogens (tertiary/aromatic N) is 1. The Balaban J connectivity index is 1.74. The molecular weight excluding hydrogens is 252 g/mol. The monoisotopic (exact) mass is 276 g/mol. The van der Waals surface area contributed by atoms with E-state index in [1.165, 1.54) is 24.9 Å². The lowest BCUT2D eigenvalue weighted by Crippen LogP contribution is -2.40. The SMILES string of the molecule is COc1cc(C(C)N2CC3CCCNC3C2)ccc1O. The molecule has 0 saturated carbocycles. The molecule has 20 heavy (non-hydrogen) atoms. The normalized spacial score (nSPS) is 28.1. The second-order valence-electron chi connectivity index (χ2n) is 6.02. The van der Waals surface area contributed by atoms with Crippen LogP contribution in [-0.2, 0) is 0 Å². The lowest BCUT2D eigenvalue weighted by molar-refractivity contribution is 0.250. The van der Waals surface area contributed by atoms with E-state index in [9.17, 15) is 5.11 Å². The van der Waals surface area contributed by atoms with Crippen LogP contribution in [0.25, 0.3) is 0 Å². The van der Waals surface area contributed by atoms with Gasteiger partial charge in [0.05, 0.1) is 7.11 Å². The Labute approximate surface area is 120 Å². The minimum absolute atomic E-state index is 0.209. The van der Waals surface area contributed by atoms with E-state index >= 15 is 0 Å². The highest BCUT2D eigenvalue weighted by Crippen LogP contribution is 2.34. The molecule has 2 saturated heterocycles. The standard InChI is InChI=1S/C16H24N2O2/c1-11(12-5-6-15(19)16(8-12)20-2)18-9-13-4-3-7-17-14(13)10-18/h5-6,8,11,13-14,17,19H,3-4,7,9-10H2,1-2H3. The van der Waals surface area contributed by atoms with Crippen LogP contribution in [0, 0.1) is 5.92 Å². The minimum atomic E-state index is 0.209. The Morgan fingerprint density at radius 3 is 3.00 bits per heavy atom. The zero-order valence-electron chi connectivity index (χ0n) is 12.3. The maximum atomic E-state index is 9.70. The van der Waals surface area contributed by atoms with Crippen LogP contribution in [0.2, 0.25) is 0 Å². The van der Waals surface area contributed by atoms with Gasteiger partial charge in [0.2, 0.25) is 0 Å². The van der Waals surface area contributed by atoms with E-state index in [1.54, 1.807) is 13.2 Å². The van der Waals surface area contributed by atoms with Gasteiger partial charge in [-0.25, -0.2) is 0 Å². The fourth-order valence-electron chi connectivity index (χ4n) is 3.56. The van der Waals surface area contributed by atoms with Crippen LogP contribution < -0.4 is 10.1 Å². The number of nitrogens with one attached hydrogen (secondary N) is 1. The average Bonchev–Trinajstić information content (AvgIpc) is 2.91. The maximum absolute atomic E-state index is 9.70. The van der Waals surface area contributed by atoms with Crippen LogP contribution in [0.1, 0.15) is 31.4 Å². The number of phenols is 1. The number of likely N-dealkylation sites (tertiary alicyclic amines) is 1. The molecule has 3 atom stereocenters. The summed E-state index contributed by atoms with van der Waals surface area (Å²) in [5.41, 5.74) is 1.21. The fourth-order valence-corrected chi connectivity index (χ4v) is 3.56. The summed E-state index contributed by atoms with van der Waals surface area (Å²) in [5.74, 6) is 1.56. The van der Waals surface area contributed by atoms with Crippen molar-refractivity contribution >= 4 is 0 Å². The van der Waals surface area contributed by atoms with E-state index in [0.29, 0.717) is 17.8 Å². The van der Waals surface area contributed by atoms with E-state index in [-0.39, 0.29) is 5.75 Å². The van der Waals surface area contributed by atoms with Gasteiger partial charge in [-0.05, 0) is 49.9 Å². The van der Waals surface area contributed by atoms with Crippen molar-refractivity contribution in [1.29, 1.82) is 0 Å². The van der Waals surface area contributed by atoms with Gasteiger partial charge < -0.3 is 15.2 Å². The molecule has 2 heterocycles. The van der Waals surface area contributed by atoms with Gasteiger partial charge in [0.1, 0.15) is 0 Å². The molecule has 0 aromatic heterocycles. The van der Waals surface area contributed by atoms with Gasteiger partial charge in [-0.3, -0.25) is 4.90 Å². The largest absolute Gasteiger partial charge is 0.504 e. The number of fused-ring (bicyclic) bond motifs is 1. The van der Waals surface area contributed by atoms with Gasteiger partial charge in [-0.15, -0.1) is 0 Å². The number of aromatic hydroxyl groups is 1. The first-order chi connectivity index (χ1) is 9.69. The maximum Gasteiger partial charge on any atom is 0.160 e. The highest BCUT2D eigenvalue weighted by Gasteiger charge is 2.36. The average molecular weight is 276 g/mol. The molecule has 3 rings (SSSR count). The number of rotatable bonds is 3. The Hall–Kier alpha value is -1.26. The molecule has 0 amide bonds. The van der Waals surface area contributed by atoms with Crippen LogP contribution >= 0.6 is 0 Å². The molecule has 2 aliphatic rings. The van der Waals surface area contributed by atoms with Crippen molar-refractivity contribution in [3.63, 3.8) is 0 Å². The molecule has 0 spiro atoms. The van der Waals surface area contributed by atoms with E-state index in [1.807, 2.05) is 12.1 Å². The Morgan fingerprint density at radius 1 is 1.40 bits per heavy atom. The van der Waals surface area contributed by atoms with Crippen molar-refractivity contribution < 1.29 is 9.84 Å². The summed E-state index contributed by atoms with van der Waals surface area (Å²) in [5, 5.41) is 13.3. The van der Waals surface area contributed by atoms with Crippen molar-refractivity contribution in [2.24, 2.45) is 5.92 Å². The summed E-state index contributed by atoms with van der Waals surface area (Å²) in [6.07, 6.45) is 2.65. The summed E-state index contributed by atoms with van der Waals surface area (Å²) in [4.78, 5) is 2.54. The second-order valence-corrected chi connectivity index (χ2v) is 6.02.